The van der Waals surface area contributed by atoms with Gasteiger partial charge in [-0.05, 0) is 32.2 Å². The Morgan fingerprint density at radius 3 is 2.52 bits per heavy atom. The van der Waals surface area contributed by atoms with Gasteiger partial charge in [0.2, 0.25) is 11.0 Å². The fraction of sp³-hybridized carbons (Fsp3) is 0.786. The zero-order valence-corrected chi connectivity index (χ0v) is 15.8. The summed E-state index contributed by atoms with van der Waals surface area (Å²) in [4.78, 5) is 21.3. The van der Waals surface area contributed by atoms with Gasteiger partial charge >= 0.3 is 0 Å². The molecule has 3 rings (SSSR count). The molecule has 1 aromatic rings. The summed E-state index contributed by atoms with van der Waals surface area (Å²) in [6.45, 7) is 5.81. The maximum atomic E-state index is 12.6. The molecule has 0 unspecified atom stereocenters. The highest BCUT2D eigenvalue weighted by molar-refractivity contribution is 7.09. The van der Waals surface area contributed by atoms with Gasteiger partial charge in [-0.2, -0.15) is 4.37 Å². The van der Waals surface area contributed by atoms with Gasteiger partial charge in [-0.3, -0.25) is 4.79 Å². The van der Waals surface area contributed by atoms with E-state index in [-0.39, 0.29) is 30.7 Å². The number of carbonyl (C=O) groups excluding carboxylic acids is 1. The van der Waals surface area contributed by atoms with Crippen molar-refractivity contribution in [1.29, 1.82) is 0 Å². The second kappa shape index (κ2) is 9.01. The number of halogens is 2. The van der Waals surface area contributed by atoms with Crippen molar-refractivity contribution in [1.82, 2.24) is 14.3 Å². The summed E-state index contributed by atoms with van der Waals surface area (Å²) in [5.41, 5.74) is 5.80. The summed E-state index contributed by atoms with van der Waals surface area (Å²) in [7, 11) is 0. The summed E-state index contributed by atoms with van der Waals surface area (Å²) in [5.74, 6) is 1.69. The predicted molar refractivity (Wildman–Crippen MR) is 97.8 cm³/mol. The van der Waals surface area contributed by atoms with Crippen LogP contribution in [0.15, 0.2) is 0 Å². The molecule has 2 aliphatic rings. The molecule has 2 fully saturated rings. The lowest BCUT2D eigenvalue weighted by Crippen LogP contribution is -2.51. The van der Waals surface area contributed by atoms with Crippen molar-refractivity contribution < 1.29 is 4.79 Å². The molecule has 2 atom stereocenters. The van der Waals surface area contributed by atoms with Gasteiger partial charge in [-0.15, -0.1) is 24.8 Å². The Hall–Kier alpha value is -0.630. The van der Waals surface area contributed by atoms with E-state index >= 15 is 0 Å². The Morgan fingerprint density at radius 2 is 1.96 bits per heavy atom. The van der Waals surface area contributed by atoms with Crippen molar-refractivity contribution in [3.05, 3.63) is 5.82 Å². The molecular formula is C14H25Cl2N5OS. The topological polar surface area (TPSA) is 75.4 Å². The first-order chi connectivity index (χ1) is 10.2. The number of piperazine rings is 1. The van der Waals surface area contributed by atoms with Crippen LogP contribution < -0.4 is 10.6 Å². The van der Waals surface area contributed by atoms with Gasteiger partial charge < -0.3 is 15.5 Å². The summed E-state index contributed by atoms with van der Waals surface area (Å²) >= 11 is 1.44. The van der Waals surface area contributed by atoms with Crippen molar-refractivity contribution in [2.24, 2.45) is 17.6 Å². The molecule has 1 aliphatic heterocycles. The van der Waals surface area contributed by atoms with Crippen LogP contribution in [0.25, 0.3) is 0 Å². The second-order valence-electron chi connectivity index (χ2n) is 5.97. The molecule has 1 saturated heterocycles. The summed E-state index contributed by atoms with van der Waals surface area (Å²) in [6.07, 6.45) is 3.26. The Morgan fingerprint density at radius 1 is 1.26 bits per heavy atom. The molecule has 6 nitrogen and oxygen atoms in total. The van der Waals surface area contributed by atoms with Gasteiger partial charge in [0, 0.05) is 43.6 Å². The number of aryl methyl sites for hydroxylation is 1. The Kier molecular flexibility index (Phi) is 8.00. The van der Waals surface area contributed by atoms with Gasteiger partial charge in [0.05, 0.1) is 0 Å². The lowest BCUT2D eigenvalue weighted by atomic mass is 9.94. The SMILES string of the molecule is Cc1nsc(N2CCN(C(=O)[C@@H]3CCC[C@@H]3CN)CC2)n1.Cl.Cl. The van der Waals surface area contributed by atoms with Crippen LogP contribution >= 0.6 is 36.3 Å². The minimum absolute atomic E-state index is 0. The average Bonchev–Trinajstić information content (AvgIpc) is 3.15. The fourth-order valence-corrected chi connectivity index (χ4v) is 4.14. The maximum Gasteiger partial charge on any atom is 0.226 e. The third-order valence-electron chi connectivity index (χ3n) is 4.66. The van der Waals surface area contributed by atoms with Crippen molar-refractivity contribution in [3.63, 3.8) is 0 Å². The number of hydrogen-bond donors (Lipinski definition) is 1. The molecule has 1 aromatic heterocycles. The monoisotopic (exact) mass is 381 g/mol. The van der Waals surface area contributed by atoms with Crippen molar-refractivity contribution in [2.75, 3.05) is 37.6 Å². The molecule has 23 heavy (non-hydrogen) atoms. The first kappa shape index (κ1) is 20.4. The molecule has 2 heterocycles. The van der Waals surface area contributed by atoms with E-state index in [4.69, 9.17) is 5.73 Å². The molecule has 1 aliphatic carbocycles. The Bertz CT molecular complexity index is 507. The van der Waals surface area contributed by atoms with Crippen LogP contribution in [0.1, 0.15) is 25.1 Å². The van der Waals surface area contributed by atoms with Gasteiger partial charge in [0.25, 0.3) is 0 Å². The van der Waals surface area contributed by atoms with E-state index in [1.54, 1.807) is 0 Å². The molecule has 2 N–H and O–H groups in total. The number of aromatic nitrogens is 2. The van der Waals surface area contributed by atoms with Gasteiger partial charge in [0.15, 0.2) is 0 Å². The lowest BCUT2D eigenvalue weighted by Gasteiger charge is -2.36. The number of rotatable bonds is 3. The van der Waals surface area contributed by atoms with E-state index in [1.165, 1.54) is 11.5 Å². The van der Waals surface area contributed by atoms with Crippen LogP contribution in [-0.2, 0) is 4.79 Å². The summed E-state index contributed by atoms with van der Waals surface area (Å²) in [6, 6.07) is 0. The van der Waals surface area contributed by atoms with E-state index in [2.05, 4.69) is 14.3 Å². The Labute approximate surface area is 153 Å². The smallest absolute Gasteiger partial charge is 0.226 e. The van der Waals surface area contributed by atoms with Crippen LogP contribution in [-0.4, -0.2) is 52.9 Å². The number of amides is 1. The lowest BCUT2D eigenvalue weighted by molar-refractivity contribution is -0.136. The minimum atomic E-state index is 0. The van der Waals surface area contributed by atoms with Gasteiger partial charge in [-0.1, -0.05) is 6.42 Å². The zero-order valence-electron chi connectivity index (χ0n) is 13.3. The molecule has 132 valence electrons. The summed E-state index contributed by atoms with van der Waals surface area (Å²) in [5, 5.41) is 0.973. The molecule has 1 saturated carbocycles. The van der Waals surface area contributed by atoms with Crippen LogP contribution in [0, 0.1) is 18.8 Å². The average molecular weight is 382 g/mol. The van der Waals surface area contributed by atoms with Crippen molar-refractivity contribution in [3.8, 4) is 0 Å². The van der Waals surface area contributed by atoms with E-state index in [1.807, 2.05) is 11.8 Å². The molecular weight excluding hydrogens is 357 g/mol. The van der Waals surface area contributed by atoms with E-state index in [0.717, 1.165) is 56.4 Å². The van der Waals surface area contributed by atoms with E-state index < -0.39 is 0 Å². The predicted octanol–water partition coefficient (Wildman–Crippen LogP) is 1.71. The first-order valence-electron chi connectivity index (χ1n) is 7.73. The first-order valence-corrected chi connectivity index (χ1v) is 8.50. The molecule has 0 bridgehead atoms. The number of anilines is 1. The van der Waals surface area contributed by atoms with Crippen LogP contribution in [0.5, 0.6) is 0 Å². The normalized spacial score (nSPS) is 24.1. The third kappa shape index (κ3) is 4.47. The number of nitrogens with zero attached hydrogens (tertiary/aromatic N) is 4. The highest BCUT2D eigenvalue weighted by Gasteiger charge is 2.35. The number of nitrogens with two attached hydrogens (primary N) is 1. The zero-order chi connectivity index (χ0) is 14.8. The molecule has 0 aromatic carbocycles. The maximum absolute atomic E-state index is 12.6. The minimum Gasteiger partial charge on any atom is -0.343 e. The van der Waals surface area contributed by atoms with E-state index in [9.17, 15) is 4.79 Å². The van der Waals surface area contributed by atoms with Crippen LogP contribution in [0.4, 0.5) is 5.13 Å². The largest absolute Gasteiger partial charge is 0.343 e. The van der Waals surface area contributed by atoms with Gasteiger partial charge in [0.1, 0.15) is 5.82 Å². The van der Waals surface area contributed by atoms with Gasteiger partial charge in [-0.25, -0.2) is 4.98 Å². The molecule has 9 heteroatoms. The van der Waals surface area contributed by atoms with Crippen molar-refractivity contribution >= 4 is 47.4 Å². The number of hydrogen-bond acceptors (Lipinski definition) is 6. The fourth-order valence-electron chi connectivity index (χ4n) is 3.41. The van der Waals surface area contributed by atoms with Crippen LogP contribution in [0.2, 0.25) is 0 Å². The van der Waals surface area contributed by atoms with Crippen molar-refractivity contribution in [2.45, 2.75) is 26.2 Å². The Balaban J connectivity index is 0.00000132. The molecule has 1 amide bonds. The standard InChI is InChI=1S/C14H23N5OS.2ClH/c1-10-16-14(21-17-10)19-7-5-18(6-8-19)13(20)12-4-2-3-11(12)9-15;;/h11-12H,2-9,15H2,1H3;2*1H/t11-,12-;;/m1../s1. The number of carbonyl (C=O) groups is 1. The van der Waals surface area contributed by atoms with Crippen LogP contribution in [0.3, 0.4) is 0 Å². The highest BCUT2D eigenvalue weighted by Crippen LogP contribution is 2.32. The third-order valence-corrected chi connectivity index (χ3v) is 5.53. The molecule has 0 spiro atoms. The van der Waals surface area contributed by atoms with E-state index in [0.29, 0.717) is 18.4 Å². The highest BCUT2D eigenvalue weighted by atomic mass is 35.5. The summed E-state index contributed by atoms with van der Waals surface area (Å²) < 4.78 is 4.22. The second-order valence-corrected chi connectivity index (χ2v) is 6.70. The quantitative estimate of drug-likeness (QED) is 0.862. The molecule has 0 radical (unpaired) electrons.